The summed E-state index contributed by atoms with van der Waals surface area (Å²) in [4.78, 5) is 12.5. The van der Waals surface area contributed by atoms with Crippen molar-refractivity contribution in [2.75, 3.05) is 5.88 Å². The number of amides is 1. The fraction of sp³-hybridized carbons (Fsp3) is 0.278. The SMILES string of the molecule is CCC(C(=O)NC(CCl)c1ccccc1)c1ccccc1. The molecule has 2 rings (SSSR count). The number of carbonyl (C=O) groups excluding carboxylic acids is 1. The molecule has 2 nitrogen and oxygen atoms in total. The van der Waals surface area contributed by atoms with E-state index in [9.17, 15) is 4.79 Å². The lowest BCUT2D eigenvalue weighted by Crippen LogP contribution is -2.33. The summed E-state index contributed by atoms with van der Waals surface area (Å²) >= 11 is 6.03. The summed E-state index contributed by atoms with van der Waals surface area (Å²) < 4.78 is 0. The Labute approximate surface area is 131 Å². The zero-order valence-corrected chi connectivity index (χ0v) is 12.9. The molecule has 2 aromatic carbocycles. The average Bonchev–Trinajstić information content (AvgIpc) is 2.55. The molecule has 0 aliphatic rings. The van der Waals surface area contributed by atoms with E-state index in [1.807, 2.05) is 67.6 Å². The van der Waals surface area contributed by atoms with Gasteiger partial charge in [0.2, 0.25) is 5.91 Å². The van der Waals surface area contributed by atoms with E-state index in [2.05, 4.69) is 5.32 Å². The summed E-state index contributed by atoms with van der Waals surface area (Å²) in [5.74, 6) is 0.250. The molecular weight excluding hydrogens is 282 g/mol. The van der Waals surface area contributed by atoms with Crippen LogP contribution in [0.2, 0.25) is 0 Å². The van der Waals surface area contributed by atoms with Gasteiger partial charge >= 0.3 is 0 Å². The predicted molar refractivity (Wildman–Crippen MR) is 87.5 cm³/mol. The van der Waals surface area contributed by atoms with Crippen LogP contribution in [0.3, 0.4) is 0 Å². The molecule has 0 aliphatic carbocycles. The second-order valence-corrected chi connectivity index (χ2v) is 5.31. The Morgan fingerprint density at radius 1 is 1.00 bits per heavy atom. The maximum absolute atomic E-state index is 12.5. The van der Waals surface area contributed by atoms with Gasteiger partial charge in [-0.15, -0.1) is 11.6 Å². The molecule has 0 spiro atoms. The lowest BCUT2D eigenvalue weighted by Gasteiger charge is -2.21. The van der Waals surface area contributed by atoms with Gasteiger partial charge in [-0.2, -0.15) is 0 Å². The van der Waals surface area contributed by atoms with Gasteiger partial charge in [0.05, 0.1) is 12.0 Å². The standard InChI is InChI=1S/C18H20ClNO/c1-2-16(14-9-5-3-6-10-14)18(21)20-17(13-19)15-11-7-4-8-12-15/h3-12,16-17H,2,13H2,1H3,(H,20,21). The molecule has 0 saturated carbocycles. The van der Waals surface area contributed by atoms with Gasteiger partial charge in [-0.1, -0.05) is 67.6 Å². The molecule has 21 heavy (non-hydrogen) atoms. The van der Waals surface area contributed by atoms with Crippen molar-refractivity contribution in [3.8, 4) is 0 Å². The number of hydrogen-bond donors (Lipinski definition) is 1. The van der Waals surface area contributed by atoms with Crippen LogP contribution in [0.5, 0.6) is 0 Å². The summed E-state index contributed by atoms with van der Waals surface area (Å²) in [6.45, 7) is 2.02. The Bertz CT molecular complexity index is 556. The van der Waals surface area contributed by atoms with Gasteiger partial charge in [0.25, 0.3) is 0 Å². The molecule has 2 unspecified atom stereocenters. The van der Waals surface area contributed by atoms with Crippen LogP contribution in [0.25, 0.3) is 0 Å². The molecular formula is C18H20ClNO. The van der Waals surface area contributed by atoms with Crippen LogP contribution >= 0.6 is 11.6 Å². The highest BCUT2D eigenvalue weighted by Crippen LogP contribution is 2.22. The molecule has 0 aromatic heterocycles. The molecule has 110 valence electrons. The van der Waals surface area contributed by atoms with Crippen molar-refractivity contribution in [3.63, 3.8) is 0 Å². The number of alkyl halides is 1. The minimum Gasteiger partial charge on any atom is -0.348 e. The van der Waals surface area contributed by atoms with E-state index >= 15 is 0 Å². The lowest BCUT2D eigenvalue weighted by molar-refractivity contribution is -0.123. The van der Waals surface area contributed by atoms with Gasteiger partial charge in [0.1, 0.15) is 0 Å². The third kappa shape index (κ3) is 4.08. The Kier molecular flexibility index (Phi) is 5.82. The van der Waals surface area contributed by atoms with Crippen molar-refractivity contribution in [1.29, 1.82) is 0 Å². The van der Waals surface area contributed by atoms with E-state index < -0.39 is 0 Å². The normalized spacial score (nSPS) is 13.4. The highest BCUT2D eigenvalue weighted by Gasteiger charge is 2.21. The number of hydrogen-bond acceptors (Lipinski definition) is 1. The van der Waals surface area contributed by atoms with Gasteiger partial charge in [0.15, 0.2) is 0 Å². The molecule has 0 bridgehead atoms. The summed E-state index contributed by atoms with van der Waals surface area (Å²) in [7, 11) is 0. The van der Waals surface area contributed by atoms with Gasteiger partial charge in [-0.25, -0.2) is 0 Å². The molecule has 3 heteroatoms. The summed E-state index contributed by atoms with van der Waals surface area (Å²) in [5.41, 5.74) is 2.07. The molecule has 1 amide bonds. The van der Waals surface area contributed by atoms with Crippen LogP contribution < -0.4 is 5.32 Å². The third-order valence-electron chi connectivity index (χ3n) is 3.60. The molecule has 0 saturated heterocycles. The van der Waals surface area contributed by atoms with Crippen molar-refractivity contribution in [2.45, 2.75) is 25.3 Å². The van der Waals surface area contributed by atoms with E-state index in [1.54, 1.807) is 0 Å². The van der Waals surface area contributed by atoms with Crippen molar-refractivity contribution in [2.24, 2.45) is 0 Å². The number of rotatable bonds is 6. The van der Waals surface area contributed by atoms with Gasteiger partial charge in [-0.05, 0) is 17.5 Å². The maximum Gasteiger partial charge on any atom is 0.228 e. The summed E-state index contributed by atoms with van der Waals surface area (Å²) in [5, 5.41) is 3.06. The fourth-order valence-corrected chi connectivity index (χ4v) is 2.68. The van der Waals surface area contributed by atoms with Crippen LogP contribution in [0.4, 0.5) is 0 Å². The summed E-state index contributed by atoms with van der Waals surface area (Å²) in [6, 6.07) is 19.5. The van der Waals surface area contributed by atoms with Crippen LogP contribution in [-0.2, 0) is 4.79 Å². The van der Waals surface area contributed by atoms with E-state index in [-0.39, 0.29) is 17.9 Å². The van der Waals surface area contributed by atoms with E-state index in [4.69, 9.17) is 11.6 Å². The van der Waals surface area contributed by atoms with E-state index in [0.29, 0.717) is 5.88 Å². The predicted octanol–water partition coefficient (Wildman–Crippen LogP) is 4.28. The van der Waals surface area contributed by atoms with Crippen LogP contribution in [0.1, 0.15) is 36.4 Å². The zero-order valence-electron chi connectivity index (χ0n) is 12.1. The second-order valence-electron chi connectivity index (χ2n) is 5.00. The minimum atomic E-state index is -0.155. The number of nitrogens with one attached hydrogen (secondary N) is 1. The van der Waals surface area contributed by atoms with Crippen molar-refractivity contribution >= 4 is 17.5 Å². The van der Waals surface area contributed by atoms with Gasteiger partial charge < -0.3 is 5.32 Å². The van der Waals surface area contributed by atoms with Crippen LogP contribution in [-0.4, -0.2) is 11.8 Å². The fourth-order valence-electron chi connectivity index (χ4n) is 2.43. The quantitative estimate of drug-likeness (QED) is 0.793. The molecule has 2 aromatic rings. The van der Waals surface area contributed by atoms with Crippen LogP contribution in [0, 0.1) is 0 Å². The van der Waals surface area contributed by atoms with E-state index in [0.717, 1.165) is 17.5 Å². The molecule has 1 N–H and O–H groups in total. The van der Waals surface area contributed by atoms with Crippen LogP contribution in [0.15, 0.2) is 60.7 Å². The summed E-state index contributed by atoms with van der Waals surface area (Å²) in [6.07, 6.45) is 0.764. The maximum atomic E-state index is 12.5. The van der Waals surface area contributed by atoms with Gasteiger partial charge in [0, 0.05) is 5.88 Å². The number of halogens is 1. The smallest absolute Gasteiger partial charge is 0.228 e. The molecule has 0 fully saturated rings. The second kappa shape index (κ2) is 7.84. The van der Waals surface area contributed by atoms with E-state index in [1.165, 1.54) is 0 Å². The molecule has 2 atom stereocenters. The Balaban J connectivity index is 2.11. The zero-order chi connectivity index (χ0) is 15.1. The largest absolute Gasteiger partial charge is 0.348 e. The Morgan fingerprint density at radius 2 is 1.52 bits per heavy atom. The molecule has 0 heterocycles. The first-order chi connectivity index (χ1) is 10.3. The molecule has 0 aliphatic heterocycles. The van der Waals surface area contributed by atoms with Crippen molar-refractivity contribution in [1.82, 2.24) is 5.32 Å². The number of benzene rings is 2. The average molecular weight is 302 g/mol. The van der Waals surface area contributed by atoms with Gasteiger partial charge in [-0.3, -0.25) is 4.79 Å². The number of carbonyl (C=O) groups is 1. The first-order valence-electron chi connectivity index (χ1n) is 7.22. The van der Waals surface area contributed by atoms with Crippen molar-refractivity contribution < 1.29 is 4.79 Å². The Morgan fingerprint density at radius 3 is 2.00 bits per heavy atom. The first kappa shape index (κ1) is 15.6. The Hall–Kier alpha value is -1.80. The first-order valence-corrected chi connectivity index (χ1v) is 7.76. The lowest BCUT2D eigenvalue weighted by atomic mass is 9.95. The monoisotopic (exact) mass is 301 g/mol. The topological polar surface area (TPSA) is 29.1 Å². The third-order valence-corrected chi connectivity index (χ3v) is 3.91. The highest BCUT2D eigenvalue weighted by atomic mass is 35.5. The van der Waals surface area contributed by atoms with Crippen molar-refractivity contribution in [3.05, 3.63) is 71.8 Å². The minimum absolute atomic E-state index is 0.0261. The molecule has 0 radical (unpaired) electrons. The highest BCUT2D eigenvalue weighted by molar-refractivity contribution is 6.18.